The predicted molar refractivity (Wildman–Crippen MR) is 285 cm³/mol. The van der Waals surface area contributed by atoms with E-state index in [0.717, 1.165) is 83.0 Å². The number of allylic oxidation sites excluding steroid dienone is 1. The van der Waals surface area contributed by atoms with Crippen molar-refractivity contribution in [2.75, 3.05) is 75.2 Å². The average Bonchev–Trinajstić information content (AvgIpc) is 4.19. The van der Waals surface area contributed by atoms with Gasteiger partial charge in [0.05, 0.1) is 12.1 Å². The molecule has 0 bridgehead atoms. The zero-order valence-corrected chi connectivity index (χ0v) is 43.5. The first kappa shape index (κ1) is 56.6. The first-order valence-electron chi connectivity index (χ1n) is 26.7. The topological polar surface area (TPSA) is 156 Å². The minimum atomic E-state index is -0.748. The van der Waals surface area contributed by atoms with E-state index in [-0.39, 0.29) is 49.1 Å². The minimum Gasteiger partial charge on any atom is -0.478 e. The van der Waals surface area contributed by atoms with Crippen molar-refractivity contribution in [3.63, 3.8) is 0 Å². The van der Waals surface area contributed by atoms with E-state index >= 15 is 0 Å². The Balaban J connectivity index is 0.000000220. The third-order valence-electron chi connectivity index (χ3n) is 16.0. The lowest BCUT2D eigenvalue weighted by Crippen LogP contribution is -2.47. The van der Waals surface area contributed by atoms with Crippen LogP contribution >= 0.6 is 24.8 Å². The van der Waals surface area contributed by atoms with Crippen LogP contribution in [0.1, 0.15) is 144 Å². The third-order valence-corrected chi connectivity index (χ3v) is 16.0. The monoisotopic (exact) mass is 1000 g/mol. The van der Waals surface area contributed by atoms with Crippen molar-refractivity contribution < 1.29 is 19.5 Å². The molecule has 7 aliphatic rings. The van der Waals surface area contributed by atoms with Crippen molar-refractivity contribution in [2.45, 2.75) is 160 Å². The second-order valence-corrected chi connectivity index (χ2v) is 20.6. The van der Waals surface area contributed by atoms with Crippen molar-refractivity contribution in [2.24, 2.45) is 11.8 Å². The number of aliphatic carboxylic acids is 1. The molecule has 9 rings (SSSR count). The number of nitrogens with one attached hydrogen (secondary N) is 2. The second-order valence-electron chi connectivity index (χ2n) is 20.6. The Labute approximate surface area is 431 Å². The highest BCUT2D eigenvalue weighted by Gasteiger charge is 2.28. The summed E-state index contributed by atoms with van der Waals surface area (Å²) in [6.45, 7) is 11.7. The number of piperazine rings is 2. The van der Waals surface area contributed by atoms with E-state index in [2.05, 4.69) is 72.7 Å². The number of benzene rings is 2. The third kappa shape index (κ3) is 17.2. The van der Waals surface area contributed by atoms with Gasteiger partial charge in [-0.05, 0) is 188 Å². The maximum absolute atomic E-state index is 12.0. The Kier molecular flexibility index (Phi) is 24.2. The molecule has 70 heavy (non-hydrogen) atoms. The van der Waals surface area contributed by atoms with Gasteiger partial charge in [0.25, 0.3) is 0 Å². The number of hydrogen-bond acceptors (Lipinski definition) is 9. The lowest BCUT2D eigenvalue weighted by atomic mass is 9.84. The van der Waals surface area contributed by atoms with Gasteiger partial charge in [-0.25, -0.2) is 4.79 Å². The number of carbonyl (C=O) groups excluding carboxylic acids is 2. The number of carbonyl (C=O) groups is 3. The van der Waals surface area contributed by atoms with Gasteiger partial charge in [0.1, 0.15) is 6.42 Å². The fourth-order valence-corrected chi connectivity index (χ4v) is 12.0. The highest BCUT2D eigenvalue weighted by Crippen LogP contribution is 2.34. The summed E-state index contributed by atoms with van der Waals surface area (Å²) in [5.41, 5.74) is 9.96. The van der Waals surface area contributed by atoms with Crippen LogP contribution in [0, 0.1) is 34.5 Å². The van der Waals surface area contributed by atoms with Crippen molar-refractivity contribution in [3.8, 4) is 12.1 Å². The molecule has 0 atom stereocenters. The number of hydrogen-bond donors (Lipinski definition) is 3. The number of halogens is 2. The molecule has 5 aliphatic carbocycles. The number of anilines is 2. The molecule has 2 amide bonds. The van der Waals surface area contributed by atoms with Gasteiger partial charge < -0.3 is 25.5 Å². The zero-order chi connectivity index (χ0) is 47.5. The number of unbranched alkanes of at least 4 members (excludes halogenated alkanes) is 1. The van der Waals surface area contributed by atoms with E-state index < -0.39 is 5.97 Å². The SMILES string of the molecule is Cl.Cl.N#CCC(=O)NC1CCC(CCN2CCN(c3cccc4c3CCC4)CC2)CC1.N#CCCCC(=O)NC1CCC(CCN2CCN(c3cccc4c3CCC4)CC2)CC1.O=C(O)C1=CCCC1. The maximum atomic E-state index is 12.0. The number of nitriles is 2. The molecular weight excluding hydrogens is 920 g/mol. The van der Waals surface area contributed by atoms with Crippen LogP contribution in [0.4, 0.5) is 11.4 Å². The maximum Gasteiger partial charge on any atom is 0.331 e. The molecule has 2 aromatic rings. The summed E-state index contributed by atoms with van der Waals surface area (Å²) in [6, 6.07) is 18.4. The predicted octanol–water partition coefficient (Wildman–Crippen LogP) is 9.36. The number of aryl methyl sites for hydroxylation is 2. The Morgan fingerprint density at radius 1 is 0.600 bits per heavy atom. The number of amides is 2. The molecule has 2 saturated carbocycles. The molecule has 12 nitrogen and oxygen atoms in total. The fraction of sp³-hybridized carbons (Fsp3) is 0.661. The molecule has 2 saturated heterocycles. The van der Waals surface area contributed by atoms with E-state index in [1.807, 2.05) is 6.07 Å². The molecule has 0 unspecified atom stereocenters. The Morgan fingerprint density at radius 3 is 1.50 bits per heavy atom. The molecule has 0 aromatic heterocycles. The second kappa shape index (κ2) is 29.9. The number of carboxylic acid groups (broad SMARTS) is 1. The number of nitrogens with zero attached hydrogens (tertiary/aromatic N) is 6. The van der Waals surface area contributed by atoms with Gasteiger partial charge >= 0.3 is 5.97 Å². The van der Waals surface area contributed by atoms with Crippen LogP contribution in [-0.4, -0.2) is 110 Å². The summed E-state index contributed by atoms with van der Waals surface area (Å²) in [7, 11) is 0. The molecule has 4 fully saturated rings. The summed E-state index contributed by atoms with van der Waals surface area (Å²) in [5, 5.41) is 31.7. The molecule has 0 spiro atoms. The fourth-order valence-electron chi connectivity index (χ4n) is 12.0. The quantitative estimate of drug-likeness (QED) is 0.147. The summed E-state index contributed by atoms with van der Waals surface area (Å²) >= 11 is 0. The van der Waals surface area contributed by atoms with Crippen LogP contribution in [0.15, 0.2) is 48.0 Å². The largest absolute Gasteiger partial charge is 0.478 e. The van der Waals surface area contributed by atoms with Gasteiger partial charge in [-0.15, -0.1) is 24.8 Å². The van der Waals surface area contributed by atoms with E-state index in [0.29, 0.717) is 30.9 Å². The van der Waals surface area contributed by atoms with Crippen LogP contribution in [-0.2, 0) is 40.1 Å². The van der Waals surface area contributed by atoms with Crippen molar-refractivity contribution in [1.82, 2.24) is 20.4 Å². The number of rotatable bonds is 15. The molecule has 2 aliphatic heterocycles. The number of fused-ring (bicyclic) bond motifs is 2. The van der Waals surface area contributed by atoms with Crippen molar-refractivity contribution in [3.05, 3.63) is 70.3 Å². The summed E-state index contributed by atoms with van der Waals surface area (Å²) in [6.07, 6.45) is 25.6. The normalized spacial score (nSPS) is 22.9. The van der Waals surface area contributed by atoms with E-state index in [1.54, 1.807) is 28.3 Å². The molecule has 2 heterocycles. The Morgan fingerprint density at radius 2 is 1.09 bits per heavy atom. The molecule has 0 radical (unpaired) electrons. The molecule has 3 N–H and O–H groups in total. The smallest absolute Gasteiger partial charge is 0.331 e. The molecular formula is C56H82Cl2N8O4. The van der Waals surface area contributed by atoms with Crippen LogP contribution in [0.25, 0.3) is 0 Å². The Bertz CT molecular complexity index is 2070. The van der Waals surface area contributed by atoms with E-state index in [4.69, 9.17) is 15.6 Å². The van der Waals surface area contributed by atoms with Gasteiger partial charge in [-0.1, -0.05) is 30.3 Å². The van der Waals surface area contributed by atoms with Crippen LogP contribution in [0.5, 0.6) is 0 Å². The minimum absolute atomic E-state index is 0. The van der Waals surface area contributed by atoms with Crippen molar-refractivity contribution >= 4 is 54.0 Å². The summed E-state index contributed by atoms with van der Waals surface area (Å²) < 4.78 is 0. The average molecular weight is 1000 g/mol. The highest BCUT2D eigenvalue weighted by atomic mass is 35.5. The molecule has 384 valence electrons. The molecule has 14 heteroatoms. The lowest BCUT2D eigenvalue weighted by molar-refractivity contribution is -0.132. The van der Waals surface area contributed by atoms with E-state index in [9.17, 15) is 14.4 Å². The van der Waals surface area contributed by atoms with Gasteiger partial charge in [0.2, 0.25) is 11.8 Å². The van der Waals surface area contributed by atoms with Gasteiger partial charge in [0.15, 0.2) is 0 Å². The van der Waals surface area contributed by atoms with Gasteiger partial charge in [-0.3, -0.25) is 19.4 Å². The van der Waals surface area contributed by atoms with Crippen molar-refractivity contribution in [1.29, 1.82) is 10.5 Å². The molecule has 2 aromatic carbocycles. The standard InChI is InChI=1S/C26H38N4O.C24H34N4O.C6H8O2.2ClH/c27-15-2-1-9-26(31)28-23-12-10-21(11-13-23)14-16-29-17-19-30(20-18-29)25-8-4-6-22-5-3-7-24(22)25;25-13-11-24(29)26-21-9-7-19(8-10-21)12-14-27-15-17-28(18-16-27)23-6-2-4-20-3-1-5-22(20)23;7-6(8)5-3-1-2-4-5;;/h4,6,8,21,23H,1-3,5,7,9-14,16-20H2,(H,28,31);2,4,6,19,21H,1,3,5,7-12,14-18H2,(H,26,29);3H,1-2,4H2,(H,7,8);2*1H. The van der Waals surface area contributed by atoms with E-state index in [1.165, 1.54) is 128 Å². The first-order chi connectivity index (χ1) is 33.3. The van der Waals surface area contributed by atoms with Crippen LogP contribution in [0.2, 0.25) is 0 Å². The number of carboxylic acids is 1. The van der Waals surface area contributed by atoms with Gasteiger partial charge in [0, 0.05) is 94.2 Å². The van der Waals surface area contributed by atoms with Gasteiger partial charge in [-0.2, -0.15) is 10.5 Å². The summed E-state index contributed by atoms with van der Waals surface area (Å²) in [4.78, 5) is 44.2. The highest BCUT2D eigenvalue weighted by molar-refractivity contribution is 5.87. The zero-order valence-electron chi connectivity index (χ0n) is 41.9. The summed E-state index contributed by atoms with van der Waals surface area (Å²) in [5.74, 6) is 0.859. The lowest BCUT2D eigenvalue weighted by Gasteiger charge is -2.38. The van der Waals surface area contributed by atoms with Crippen LogP contribution in [0.3, 0.4) is 0 Å². The first-order valence-corrected chi connectivity index (χ1v) is 26.7. The van der Waals surface area contributed by atoms with Crippen LogP contribution < -0.4 is 20.4 Å². The Hall–Kier alpha value is -4.33.